The highest BCUT2D eigenvalue weighted by molar-refractivity contribution is 7.84. The number of benzene rings is 1. The van der Waals surface area contributed by atoms with E-state index in [9.17, 15) is 9.00 Å². The van der Waals surface area contributed by atoms with E-state index in [1.165, 1.54) is 0 Å². The predicted octanol–water partition coefficient (Wildman–Crippen LogP) is 2.06. The molecule has 1 aromatic carbocycles. The van der Waals surface area contributed by atoms with E-state index in [0.29, 0.717) is 37.8 Å². The lowest BCUT2D eigenvalue weighted by Crippen LogP contribution is -2.40. The maximum Gasteiger partial charge on any atom is 0.289 e. The van der Waals surface area contributed by atoms with Gasteiger partial charge in [-0.3, -0.25) is 9.00 Å². The zero-order valence-electron chi connectivity index (χ0n) is 12.1. The molecule has 1 atom stereocenters. The SMILES string of the molecule is O=C(c1ccc(C[S@](=O)c2ccccc2)o1)N1CCOCC1. The van der Waals surface area contributed by atoms with Crippen LogP contribution in [0.2, 0.25) is 0 Å². The summed E-state index contributed by atoms with van der Waals surface area (Å²) in [5.41, 5.74) is 0. The molecule has 5 nitrogen and oxygen atoms in total. The minimum absolute atomic E-state index is 0.139. The molecular formula is C16H17NO4S. The quantitative estimate of drug-likeness (QED) is 0.865. The first-order chi connectivity index (χ1) is 10.7. The summed E-state index contributed by atoms with van der Waals surface area (Å²) in [6, 6.07) is 12.6. The number of carbonyl (C=O) groups is 1. The fourth-order valence-corrected chi connectivity index (χ4v) is 3.32. The van der Waals surface area contributed by atoms with Crippen LogP contribution < -0.4 is 0 Å². The van der Waals surface area contributed by atoms with Gasteiger partial charge in [0.15, 0.2) is 5.76 Å². The van der Waals surface area contributed by atoms with Crippen LogP contribution in [0.4, 0.5) is 0 Å². The molecule has 0 spiro atoms. The Hall–Kier alpha value is -1.92. The first-order valence-electron chi connectivity index (χ1n) is 7.13. The number of carbonyl (C=O) groups excluding carboxylic acids is 1. The van der Waals surface area contributed by atoms with Crippen LogP contribution >= 0.6 is 0 Å². The first kappa shape index (κ1) is 15.0. The van der Waals surface area contributed by atoms with Crippen LogP contribution in [0.5, 0.6) is 0 Å². The second-order valence-electron chi connectivity index (χ2n) is 4.97. The van der Waals surface area contributed by atoms with Crippen molar-refractivity contribution in [1.82, 2.24) is 4.90 Å². The van der Waals surface area contributed by atoms with E-state index in [1.807, 2.05) is 30.3 Å². The number of rotatable bonds is 4. The lowest BCUT2D eigenvalue weighted by atomic mass is 10.3. The van der Waals surface area contributed by atoms with Gasteiger partial charge in [0.2, 0.25) is 0 Å². The number of nitrogens with zero attached hydrogens (tertiary/aromatic N) is 1. The number of hydrogen-bond donors (Lipinski definition) is 0. The van der Waals surface area contributed by atoms with E-state index in [0.717, 1.165) is 4.90 Å². The Kier molecular flexibility index (Phi) is 4.70. The number of hydrogen-bond acceptors (Lipinski definition) is 4. The van der Waals surface area contributed by atoms with Crippen molar-refractivity contribution in [3.63, 3.8) is 0 Å². The number of furan rings is 1. The van der Waals surface area contributed by atoms with Gasteiger partial charge in [0, 0.05) is 18.0 Å². The van der Waals surface area contributed by atoms with E-state index in [2.05, 4.69) is 0 Å². The Balaban J connectivity index is 1.66. The van der Waals surface area contributed by atoms with Gasteiger partial charge < -0.3 is 14.1 Å². The molecule has 2 heterocycles. The monoisotopic (exact) mass is 319 g/mol. The summed E-state index contributed by atoms with van der Waals surface area (Å²) in [5.74, 6) is 0.973. The second-order valence-corrected chi connectivity index (χ2v) is 6.42. The lowest BCUT2D eigenvalue weighted by Gasteiger charge is -2.25. The van der Waals surface area contributed by atoms with Crippen molar-refractivity contribution >= 4 is 16.7 Å². The predicted molar refractivity (Wildman–Crippen MR) is 82.0 cm³/mol. The molecular weight excluding hydrogens is 302 g/mol. The summed E-state index contributed by atoms with van der Waals surface area (Å²) in [4.78, 5) is 14.7. The zero-order chi connectivity index (χ0) is 15.4. The Morgan fingerprint density at radius 3 is 2.55 bits per heavy atom. The minimum Gasteiger partial charge on any atom is -0.455 e. The normalized spacial score (nSPS) is 16.5. The fourth-order valence-electron chi connectivity index (χ4n) is 2.28. The third-order valence-corrected chi connectivity index (χ3v) is 4.79. The van der Waals surface area contributed by atoms with E-state index < -0.39 is 10.8 Å². The van der Waals surface area contributed by atoms with E-state index in [4.69, 9.17) is 9.15 Å². The van der Waals surface area contributed by atoms with E-state index in [-0.39, 0.29) is 11.7 Å². The third-order valence-electron chi connectivity index (χ3n) is 3.45. The molecule has 1 aromatic heterocycles. The molecule has 1 fully saturated rings. The van der Waals surface area contributed by atoms with Crippen LogP contribution in [-0.2, 0) is 21.3 Å². The number of amides is 1. The minimum atomic E-state index is -1.18. The van der Waals surface area contributed by atoms with Crippen LogP contribution in [-0.4, -0.2) is 41.3 Å². The van der Waals surface area contributed by atoms with Gasteiger partial charge in [0.25, 0.3) is 5.91 Å². The van der Waals surface area contributed by atoms with Gasteiger partial charge in [-0.2, -0.15) is 0 Å². The highest BCUT2D eigenvalue weighted by atomic mass is 32.2. The van der Waals surface area contributed by atoms with Crippen molar-refractivity contribution in [2.24, 2.45) is 0 Å². The van der Waals surface area contributed by atoms with Gasteiger partial charge in [0.05, 0.1) is 29.8 Å². The van der Waals surface area contributed by atoms with Crippen molar-refractivity contribution in [2.75, 3.05) is 26.3 Å². The molecule has 3 rings (SSSR count). The van der Waals surface area contributed by atoms with Crippen LogP contribution in [0.25, 0.3) is 0 Å². The van der Waals surface area contributed by atoms with Gasteiger partial charge in [-0.05, 0) is 24.3 Å². The molecule has 0 N–H and O–H groups in total. The Morgan fingerprint density at radius 1 is 1.09 bits per heavy atom. The number of morpholine rings is 1. The van der Waals surface area contributed by atoms with Gasteiger partial charge in [0.1, 0.15) is 5.76 Å². The summed E-state index contributed by atoms with van der Waals surface area (Å²) in [6.45, 7) is 2.25. The average Bonchev–Trinajstić information content (AvgIpc) is 3.04. The third kappa shape index (κ3) is 3.45. The van der Waals surface area contributed by atoms with Crippen molar-refractivity contribution in [2.45, 2.75) is 10.6 Å². The molecule has 1 aliphatic heterocycles. The molecule has 6 heteroatoms. The maximum atomic E-state index is 12.3. The highest BCUT2D eigenvalue weighted by Gasteiger charge is 2.21. The maximum absolute atomic E-state index is 12.3. The summed E-state index contributed by atoms with van der Waals surface area (Å²) in [6.07, 6.45) is 0. The lowest BCUT2D eigenvalue weighted by molar-refractivity contribution is 0.0282. The molecule has 22 heavy (non-hydrogen) atoms. The van der Waals surface area contributed by atoms with E-state index >= 15 is 0 Å². The van der Waals surface area contributed by atoms with Gasteiger partial charge in [-0.15, -0.1) is 0 Å². The molecule has 0 unspecified atom stereocenters. The first-order valence-corrected chi connectivity index (χ1v) is 8.45. The summed E-state index contributed by atoms with van der Waals surface area (Å²) >= 11 is 0. The molecule has 2 aromatic rings. The average molecular weight is 319 g/mol. The molecule has 116 valence electrons. The summed E-state index contributed by atoms with van der Waals surface area (Å²) in [5, 5.41) is 0. The second kappa shape index (κ2) is 6.89. The van der Waals surface area contributed by atoms with Crippen LogP contribution in [0.1, 0.15) is 16.3 Å². The topological polar surface area (TPSA) is 59.8 Å². The molecule has 1 saturated heterocycles. The molecule has 1 aliphatic rings. The molecule has 1 amide bonds. The van der Waals surface area contributed by atoms with Crippen LogP contribution in [0.15, 0.2) is 51.8 Å². The van der Waals surface area contributed by atoms with Crippen molar-refractivity contribution < 1.29 is 18.2 Å². The van der Waals surface area contributed by atoms with Crippen LogP contribution in [0.3, 0.4) is 0 Å². The largest absolute Gasteiger partial charge is 0.455 e. The fraction of sp³-hybridized carbons (Fsp3) is 0.312. The Morgan fingerprint density at radius 2 is 1.82 bits per heavy atom. The Bertz CT molecular complexity index is 662. The highest BCUT2D eigenvalue weighted by Crippen LogP contribution is 2.16. The van der Waals surface area contributed by atoms with Crippen LogP contribution in [0, 0.1) is 0 Å². The number of ether oxygens (including phenoxy) is 1. The molecule has 0 aliphatic carbocycles. The molecule has 0 saturated carbocycles. The molecule has 0 radical (unpaired) electrons. The summed E-state index contributed by atoms with van der Waals surface area (Å²) < 4.78 is 23.0. The van der Waals surface area contributed by atoms with Crippen molar-refractivity contribution in [1.29, 1.82) is 0 Å². The van der Waals surface area contributed by atoms with Crippen molar-refractivity contribution in [3.05, 3.63) is 54.0 Å². The van der Waals surface area contributed by atoms with E-state index in [1.54, 1.807) is 17.0 Å². The van der Waals surface area contributed by atoms with Gasteiger partial charge >= 0.3 is 0 Å². The standard InChI is InChI=1S/C16H17NO4S/c18-16(17-8-10-20-11-9-17)15-7-6-13(21-15)12-22(19)14-4-2-1-3-5-14/h1-7H,8-12H2/t22-/m0/s1. The molecule has 0 bridgehead atoms. The van der Waals surface area contributed by atoms with Gasteiger partial charge in [-0.1, -0.05) is 18.2 Å². The van der Waals surface area contributed by atoms with Crippen molar-refractivity contribution in [3.8, 4) is 0 Å². The Labute approximate surface area is 131 Å². The van der Waals surface area contributed by atoms with Gasteiger partial charge in [-0.25, -0.2) is 0 Å². The smallest absolute Gasteiger partial charge is 0.289 e. The summed E-state index contributed by atoms with van der Waals surface area (Å²) in [7, 11) is -1.18. The zero-order valence-corrected chi connectivity index (χ0v) is 12.9.